The number of halogens is 2. The van der Waals surface area contributed by atoms with E-state index >= 15 is 0 Å². The van der Waals surface area contributed by atoms with Gasteiger partial charge in [0, 0.05) is 21.3 Å². The number of anilines is 1. The molecular weight excluding hydrogens is 339 g/mol. The Morgan fingerprint density at radius 3 is 2.14 bits per heavy atom. The summed E-state index contributed by atoms with van der Waals surface area (Å²) in [5, 5.41) is 6.67. The van der Waals surface area contributed by atoms with Crippen LogP contribution in [-0.2, 0) is 0 Å². The second-order valence-corrected chi connectivity index (χ2v) is 6.11. The molecule has 6 heteroatoms. The van der Waals surface area contributed by atoms with Crippen LogP contribution in [0.4, 0.5) is 5.69 Å². The van der Waals surface area contributed by atoms with Crippen LogP contribution in [0, 0.1) is 13.8 Å². The summed E-state index contributed by atoms with van der Waals surface area (Å²) in [5.41, 5.74) is 3.32. The number of thiocarbonyl (C=S) groups is 1. The highest BCUT2D eigenvalue weighted by Crippen LogP contribution is 2.20. The van der Waals surface area contributed by atoms with Gasteiger partial charge in [-0.2, -0.15) is 0 Å². The van der Waals surface area contributed by atoms with Crippen molar-refractivity contribution in [2.45, 2.75) is 13.8 Å². The van der Waals surface area contributed by atoms with Crippen LogP contribution in [0.3, 0.4) is 0 Å². The zero-order valence-corrected chi connectivity index (χ0v) is 14.4. The minimum Gasteiger partial charge on any atom is -0.332 e. The Balaban J connectivity index is 2.10. The molecule has 0 spiro atoms. The molecule has 0 saturated heterocycles. The second kappa shape index (κ2) is 7.09. The van der Waals surface area contributed by atoms with Gasteiger partial charge in [-0.15, -0.1) is 0 Å². The fraction of sp³-hybridized carbons (Fsp3) is 0.125. The highest BCUT2D eigenvalue weighted by atomic mass is 35.5. The minimum atomic E-state index is -0.367. The van der Waals surface area contributed by atoms with Crippen molar-refractivity contribution in [3.05, 3.63) is 63.1 Å². The largest absolute Gasteiger partial charge is 0.332 e. The van der Waals surface area contributed by atoms with Crippen LogP contribution in [0.2, 0.25) is 10.0 Å². The molecule has 0 saturated carbocycles. The summed E-state index contributed by atoms with van der Waals surface area (Å²) < 4.78 is 0. The summed E-state index contributed by atoms with van der Waals surface area (Å²) in [7, 11) is 0. The van der Waals surface area contributed by atoms with Gasteiger partial charge in [-0.3, -0.25) is 10.1 Å². The van der Waals surface area contributed by atoms with Gasteiger partial charge in [-0.05, 0) is 55.4 Å². The fourth-order valence-corrected chi connectivity index (χ4v) is 2.74. The van der Waals surface area contributed by atoms with Crippen molar-refractivity contribution in [1.29, 1.82) is 0 Å². The number of nitrogens with one attached hydrogen (secondary N) is 2. The van der Waals surface area contributed by atoms with Gasteiger partial charge in [-0.1, -0.05) is 41.4 Å². The number of carbonyl (C=O) groups is 1. The van der Waals surface area contributed by atoms with Gasteiger partial charge in [0.1, 0.15) is 0 Å². The molecule has 0 bridgehead atoms. The molecular formula is C16H14Cl2N2OS. The Morgan fingerprint density at radius 1 is 1.05 bits per heavy atom. The summed E-state index contributed by atoms with van der Waals surface area (Å²) in [6.45, 7) is 3.94. The van der Waals surface area contributed by atoms with Gasteiger partial charge in [0.05, 0.1) is 0 Å². The molecule has 3 nitrogen and oxygen atoms in total. The van der Waals surface area contributed by atoms with Crippen molar-refractivity contribution >= 4 is 52.1 Å². The van der Waals surface area contributed by atoms with Crippen LogP contribution >= 0.6 is 35.4 Å². The lowest BCUT2D eigenvalue weighted by Gasteiger charge is -2.14. The molecule has 0 aliphatic heterocycles. The Hall–Kier alpha value is -1.62. The van der Waals surface area contributed by atoms with Crippen LogP contribution < -0.4 is 10.6 Å². The Labute approximate surface area is 144 Å². The number of para-hydroxylation sites is 1. The highest BCUT2D eigenvalue weighted by Gasteiger charge is 2.11. The number of carbonyl (C=O) groups excluding carboxylic acids is 1. The van der Waals surface area contributed by atoms with E-state index in [1.165, 1.54) is 12.1 Å². The van der Waals surface area contributed by atoms with E-state index in [1.807, 2.05) is 32.0 Å². The Kier molecular flexibility index (Phi) is 5.40. The molecule has 1 amide bonds. The lowest BCUT2D eigenvalue weighted by Crippen LogP contribution is -2.34. The molecule has 2 aromatic rings. The average molecular weight is 353 g/mol. The van der Waals surface area contributed by atoms with Crippen molar-refractivity contribution in [2.24, 2.45) is 0 Å². The third kappa shape index (κ3) is 4.19. The molecule has 0 aromatic heterocycles. The van der Waals surface area contributed by atoms with Crippen molar-refractivity contribution in [2.75, 3.05) is 5.32 Å². The maximum absolute atomic E-state index is 12.2. The molecule has 114 valence electrons. The quantitative estimate of drug-likeness (QED) is 0.767. The first kappa shape index (κ1) is 16.7. The molecule has 0 aliphatic rings. The molecule has 0 heterocycles. The summed E-state index contributed by atoms with van der Waals surface area (Å²) in [6.07, 6.45) is 0. The van der Waals surface area contributed by atoms with Crippen molar-refractivity contribution in [3.63, 3.8) is 0 Å². The summed E-state index contributed by atoms with van der Waals surface area (Å²) in [5.74, 6) is -0.367. The first-order valence-electron chi connectivity index (χ1n) is 6.51. The lowest BCUT2D eigenvalue weighted by atomic mass is 10.1. The third-order valence-corrected chi connectivity index (χ3v) is 3.71. The molecule has 0 radical (unpaired) electrons. The minimum absolute atomic E-state index is 0.221. The number of amides is 1. The first-order chi connectivity index (χ1) is 10.4. The molecule has 0 aliphatic carbocycles. The normalized spacial score (nSPS) is 10.2. The molecule has 2 aromatic carbocycles. The number of rotatable bonds is 2. The van der Waals surface area contributed by atoms with E-state index in [-0.39, 0.29) is 11.0 Å². The van der Waals surface area contributed by atoms with E-state index in [9.17, 15) is 4.79 Å². The van der Waals surface area contributed by atoms with Gasteiger partial charge in [0.25, 0.3) is 5.91 Å². The van der Waals surface area contributed by atoms with E-state index in [1.54, 1.807) is 6.07 Å². The molecule has 2 N–H and O–H groups in total. The number of hydrogen-bond donors (Lipinski definition) is 2. The second-order valence-electron chi connectivity index (χ2n) is 4.83. The summed E-state index contributed by atoms with van der Waals surface area (Å²) >= 11 is 17.0. The summed E-state index contributed by atoms with van der Waals surface area (Å²) in [6, 6.07) is 10.5. The number of benzene rings is 2. The standard InChI is InChI=1S/C16H14Cl2N2OS/c1-9-4-3-5-10(2)14(9)19-16(22)20-15(21)11-6-12(17)8-13(18)7-11/h3-8H,1-2H3,(H2,19,20,21,22). The maximum Gasteiger partial charge on any atom is 0.257 e. The van der Waals surface area contributed by atoms with E-state index in [0.717, 1.165) is 16.8 Å². The fourth-order valence-electron chi connectivity index (χ4n) is 2.02. The zero-order chi connectivity index (χ0) is 16.3. The topological polar surface area (TPSA) is 41.1 Å². The lowest BCUT2D eigenvalue weighted by molar-refractivity contribution is 0.0977. The van der Waals surface area contributed by atoms with Crippen molar-refractivity contribution < 1.29 is 4.79 Å². The highest BCUT2D eigenvalue weighted by molar-refractivity contribution is 7.80. The van der Waals surface area contributed by atoms with Gasteiger partial charge in [0.2, 0.25) is 0 Å². The zero-order valence-electron chi connectivity index (χ0n) is 12.0. The van der Waals surface area contributed by atoms with E-state index in [4.69, 9.17) is 35.4 Å². The van der Waals surface area contributed by atoms with Gasteiger partial charge in [-0.25, -0.2) is 0 Å². The third-order valence-electron chi connectivity index (χ3n) is 3.07. The van der Waals surface area contributed by atoms with Gasteiger partial charge >= 0.3 is 0 Å². The molecule has 2 rings (SSSR count). The smallest absolute Gasteiger partial charge is 0.257 e. The van der Waals surface area contributed by atoms with E-state index < -0.39 is 0 Å². The molecule has 0 fully saturated rings. The van der Waals surface area contributed by atoms with E-state index in [2.05, 4.69) is 10.6 Å². The molecule has 0 unspecified atom stereocenters. The maximum atomic E-state index is 12.2. The predicted octanol–water partition coefficient (Wildman–Crippen LogP) is 4.74. The van der Waals surface area contributed by atoms with Crippen LogP contribution in [-0.4, -0.2) is 11.0 Å². The predicted molar refractivity (Wildman–Crippen MR) is 96.1 cm³/mol. The Bertz CT molecular complexity index is 706. The monoisotopic (exact) mass is 352 g/mol. The van der Waals surface area contributed by atoms with Crippen LogP contribution in [0.5, 0.6) is 0 Å². The van der Waals surface area contributed by atoms with Gasteiger partial charge in [0.15, 0.2) is 5.11 Å². The van der Waals surface area contributed by atoms with E-state index in [0.29, 0.717) is 15.6 Å². The van der Waals surface area contributed by atoms with Crippen LogP contribution in [0.25, 0.3) is 0 Å². The Morgan fingerprint density at radius 2 is 1.59 bits per heavy atom. The van der Waals surface area contributed by atoms with Crippen molar-refractivity contribution in [3.8, 4) is 0 Å². The van der Waals surface area contributed by atoms with Gasteiger partial charge < -0.3 is 5.32 Å². The van der Waals surface area contributed by atoms with Crippen LogP contribution in [0.1, 0.15) is 21.5 Å². The number of hydrogen-bond acceptors (Lipinski definition) is 2. The average Bonchev–Trinajstić information content (AvgIpc) is 2.42. The molecule has 0 atom stereocenters. The van der Waals surface area contributed by atoms with Crippen molar-refractivity contribution in [1.82, 2.24) is 5.32 Å². The van der Waals surface area contributed by atoms with Crippen LogP contribution in [0.15, 0.2) is 36.4 Å². The number of aryl methyl sites for hydroxylation is 2. The SMILES string of the molecule is Cc1cccc(C)c1NC(=S)NC(=O)c1cc(Cl)cc(Cl)c1. The first-order valence-corrected chi connectivity index (χ1v) is 7.68. The molecule has 22 heavy (non-hydrogen) atoms. The summed E-state index contributed by atoms with van der Waals surface area (Å²) in [4.78, 5) is 12.2.